The monoisotopic (exact) mass is 272 g/mol. The normalized spacial score (nSPS) is 20.2. The quantitative estimate of drug-likeness (QED) is 0.884. The number of thiophene rings is 1. The number of halogens is 1. The number of carbonyl (C=O) groups excluding carboxylic acids is 1. The van der Waals surface area contributed by atoms with Crippen LogP contribution in [-0.2, 0) is 0 Å². The standard InChI is InChI=1S/C12H17ClN2OS/c13-10-4-7-17-11(10)12(16)15-6-3-9-2-1-5-14-8-9/h4,7,9,14H,1-3,5-6,8H2,(H,15,16). The van der Waals surface area contributed by atoms with Gasteiger partial charge in [0.2, 0.25) is 0 Å². The van der Waals surface area contributed by atoms with Crippen LogP contribution in [0.5, 0.6) is 0 Å². The van der Waals surface area contributed by atoms with Gasteiger partial charge in [-0.05, 0) is 49.7 Å². The van der Waals surface area contributed by atoms with E-state index in [1.807, 2.05) is 5.38 Å². The van der Waals surface area contributed by atoms with Gasteiger partial charge in [-0.1, -0.05) is 11.6 Å². The number of hydrogen-bond donors (Lipinski definition) is 2. The van der Waals surface area contributed by atoms with E-state index in [0.29, 0.717) is 15.8 Å². The van der Waals surface area contributed by atoms with Gasteiger partial charge in [0.25, 0.3) is 5.91 Å². The summed E-state index contributed by atoms with van der Waals surface area (Å²) in [7, 11) is 0. The Hall–Kier alpha value is -0.580. The molecular weight excluding hydrogens is 256 g/mol. The predicted octanol–water partition coefficient (Wildman–Crippen LogP) is 2.52. The molecule has 2 N–H and O–H groups in total. The molecule has 2 rings (SSSR count). The van der Waals surface area contributed by atoms with Crippen molar-refractivity contribution in [2.24, 2.45) is 5.92 Å². The molecule has 1 aromatic rings. The van der Waals surface area contributed by atoms with Gasteiger partial charge in [-0.25, -0.2) is 0 Å². The average Bonchev–Trinajstić information content (AvgIpc) is 2.77. The van der Waals surface area contributed by atoms with Gasteiger partial charge in [0.05, 0.1) is 5.02 Å². The molecule has 1 aliphatic rings. The molecule has 0 saturated carbocycles. The molecule has 0 spiro atoms. The van der Waals surface area contributed by atoms with Crippen LogP contribution < -0.4 is 10.6 Å². The number of carbonyl (C=O) groups is 1. The third-order valence-electron chi connectivity index (χ3n) is 3.06. The lowest BCUT2D eigenvalue weighted by atomic mass is 9.96. The van der Waals surface area contributed by atoms with Crippen molar-refractivity contribution in [3.05, 3.63) is 21.3 Å². The van der Waals surface area contributed by atoms with E-state index in [1.165, 1.54) is 24.2 Å². The van der Waals surface area contributed by atoms with Crippen LogP contribution in [0.1, 0.15) is 28.9 Å². The number of amides is 1. The molecule has 1 unspecified atom stereocenters. The van der Waals surface area contributed by atoms with Crippen LogP contribution in [0.2, 0.25) is 5.02 Å². The molecule has 0 radical (unpaired) electrons. The number of piperidine rings is 1. The highest BCUT2D eigenvalue weighted by molar-refractivity contribution is 7.12. The summed E-state index contributed by atoms with van der Waals surface area (Å²) in [5, 5.41) is 8.69. The van der Waals surface area contributed by atoms with Crippen LogP contribution in [0.4, 0.5) is 0 Å². The van der Waals surface area contributed by atoms with Gasteiger partial charge in [-0.2, -0.15) is 0 Å². The van der Waals surface area contributed by atoms with Crippen molar-refractivity contribution in [2.45, 2.75) is 19.3 Å². The zero-order valence-electron chi connectivity index (χ0n) is 9.67. The molecule has 1 fully saturated rings. The smallest absolute Gasteiger partial charge is 0.262 e. The molecule has 17 heavy (non-hydrogen) atoms. The summed E-state index contributed by atoms with van der Waals surface area (Å²) in [4.78, 5) is 12.4. The summed E-state index contributed by atoms with van der Waals surface area (Å²) in [6.07, 6.45) is 3.56. The van der Waals surface area contributed by atoms with E-state index in [-0.39, 0.29) is 5.91 Å². The van der Waals surface area contributed by atoms with Crippen molar-refractivity contribution in [2.75, 3.05) is 19.6 Å². The minimum atomic E-state index is -0.0474. The second-order valence-corrected chi connectivity index (χ2v) is 5.68. The van der Waals surface area contributed by atoms with E-state index in [0.717, 1.165) is 26.1 Å². The molecule has 2 heterocycles. The van der Waals surface area contributed by atoms with E-state index >= 15 is 0 Å². The summed E-state index contributed by atoms with van der Waals surface area (Å²) >= 11 is 7.29. The predicted molar refractivity (Wildman–Crippen MR) is 71.9 cm³/mol. The molecule has 1 aliphatic heterocycles. The molecule has 1 aromatic heterocycles. The highest BCUT2D eigenvalue weighted by Gasteiger charge is 2.14. The van der Waals surface area contributed by atoms with Crippen LogP contribution in [-0.4, -0.2) is 25.5 Å². The highest BCUT2D eigenvalue weighted by atomic mass is 35.5. The Morgan fingerprint density at radius 1 is 1.65 bits per heavy atom. The topological polar surface area (TPSA) is 41.1 Å². The van der Waals surface area contributed by atoms with Gasteiger partial charge in [0.15, 0.2) is 0 Å². The number of rotatable bonds is 4. The number of nitrogens with one attached hydrogen (secondary N) is 2. The zero-order valence-corrected chi connectivity index (χ0v) is 11.2. The van der Waals surface area contributed by atoms with E-state index in [1.54, 1.807) is 6.07 Å². The highest BCUT2D eigenvalue weighted by Crippen LogP contribution is 2.21. The second-order valence-electron chi connectivity index (χ2n) is 4.35. The zero-order chi connectivity index (χ0) is 12.1. The Labute approximate surface area is 111 Å². The molecule has 0 aromatic carbocycles. The average molecular weight is 273 g/mol. The summed E-state index contributed by atoms with van der Waals surface area (Å²) in [6, 6.07) is 1.76. The van der Waals surface area contributed by atoms with Crippen LogP contribution in [0.15, 0.2) is 11.4 Å². The molecule has 5 heteroatoms. The van der Waals surface area contributed by atoms with Crippen molar-refractivity contribution in [3.8, 4) is 0 Å². The molecule has 1 amide bonds. The van der Waals surface area contributed by atoms with Crippen molar-refractivity contribution in [3.63, 3.8) is 0 Å². The van der Waals surface area contributed by atoms with E-state index in [4.69, 9.17) is 11.6 Å². The maximum atomic E-state index is 11.8. The Morgan fingerprint density at radius 2 is 2.53 bits per heavy atom. The van der Waals surface area contributed by atoms with Gasteiger partial charge in [0.1, 0.15) is 4.88 Å². The minimum Gasteiger partial charge on any atom is -0.351 e. The Morgan fingerprint density at radius 3 is 3.18 bits per heavy atom. The number of hydrogen-bond acceptors (Lipinski definition) is 3. The summed E-state index contributed by atoms with van der Waals surface area (Å²) in [5.74, 6) is 0.650. The second kappa shape index (κ2) is 6.38. The summed E-state index contributed by atoms with van der Waals surface area (Å²) in [5.41, 5.74) is 0. The lowest BCUT2D eigenvalue weighted by Crippen LogP contribution is -2.33. The van der Waals surface area contributed by atoms with Gasteiger partial charge in [-0.15, -0.1) is 11.3 Å². The largest absolute Gasteiger partial charge is 0.351 e. The molecule has 0 aliphatic carbocycles. The maximum absolute atomic E-state index is 11.8. The van der Waals surface area contributed by atoms with Gasteiger partial charge >= 0.3 is 0 Å². The van der Waals surface area contributed by atoms with Crippen LogP contribution in [0.3, 0.4) is 0 Å². The molecule has 1 saturated heterocycles. The lowest BCUT2D eigenvalue weighted by molar-refractivity contribution is 0.0955. The van der Waals surface area contributed by atoms with Crippen LogP contribution in [0, 0.1) is 5.92 Å². The Balaban J connectivity index is 1.71. The first kappa shape index (κ1) is 12.9. The fourth-order valence-corrected chi connectivity index (χ4v) is 3.15. The Bertz CT molecular complexity index is 374. The fraction of sp³-hybridized carbons (Fsp3) is 0.583. The summed E-state index contributed by atoms with van der Waals surface area (Å²) < 4.78 is 0. The fourth-order valence-electron chi connectivity index (χ4n) is 2.10. The maximum Gasteiger partial charge on any atom is 0.262 e. The van der Waals surface area contributed by atoms with Crippen molar-refractivity contribution < 1.29 is 4.79 Å². The third-order valence-corrected chi connectivity index (χ3v) is 4.40. The lowest BCUT2D eigenvalue weighted by Gasteiger charge is -2.22. The molecular formula is C12H17ClN2OS. The van der Waals surface area contributed by atoms with Crippen molar-refractivity contribution in [1.82, 2.24) is 10.6 Å². The molecule has 0 bridgehead atoms. The van der Waals surface area contributed by atoms with Crippen molar-refractivity contribution in [1.29, 1.82) is 0 Å². The van der Waals surface area contributed by atoms with E-state index < -0.39 is 0 Å². The molecule has 94 valence electrons. The first-order valence-electron chi connectivity index (χ1n) is 5.99. The van der Waals surface area contributed by atoms with Gasteiger partial charge in [-0.3, -0.25) is 4.79 Å². The molecule has 1 atom stereocenters. The third kappa shape index (κ3) is 3.69. The van der Waals surface area contributed by atoms with E-state index in [9.17, 15) is 4.79 Å². The summed E-state index contributed by atoms with van der Waals surface area (Å²) in [6.45, 7) is 2.95. The SMILES string of the molecule is O=C(NCCC1CCCNC1)c1sccc1Cl. The van der Waals surface area contributed by atoms with Gasteiger partial charge < -0.3 is 10.6 Å². The molecule has 3 nitrogen and oxygen atoms in total. The Kier molecular flexibility index (Phi) is 4.83. The first-order chi connectivity index (χ1) is 8.27. The minimum absolute atomic E-state index is 0.0474. The van der Waals surface area contributed by atoms with Gasteiger partial charge in [0, 0.05) is 6.54 Å². The van der Waals surface area contributed by atoms with Crippen LogP contribution in [0.25, 0.3) is 0 Å². The van der Waals surface area contributed by atoms with Crippen LogP contribution >= 0.6 is 22.9 Å². The van der Waals surface area contributed by atoms with Crippen molar-refractivity contribution >= 4 is 28.8 Å². The first-order valence-corrected chi connectivity index (χ1v) is 7.25. The van der Waals surface area contributed by atoms with E-state index in [2.05, 4.69) is 10.6 Å².